The third kappa shape index (κ3) is 3.36. The summed E-state index contributed by atoms with van der Waals surface area (Å²) >= 11 is 0. The molecule has 1 heterocycles. The van der Waals surface area contributed by atoms with Gasteiger partial charge in [-0.3, -0.25) is 0 Å². The smallest absolute Gasteiger partial charge is 0.361 e. The Balaban J connectivity index is 2.37. The van der Waals surface area contributed by atoms with Crippen LogP contribution in [-0.2, 0) is 4.74 Å². The van der Waals surface area contributed by atoms with E-state index in [0.29, 0.717) is 29.4 Å². The fraction of sp³-hybridized carbons (Fsp3) is 0.400. The summed E-state index contributed by atoms with van der Waals surface area (Å²) in [5.74, 6) is 0.705. The van der Waals surface area contributed by atoms with Crippen LogP contribution in [0.3, 0.4) is 0 Å². The first-order valence-electron chi connectivity index (χ1n) is 7.10. The Labute approximate surface area is 128 Å². The standard InChI is InChI=1S/C15H19N3O4/c1-4-8-22-12-9-10(6-7-11(12)20-3)13-14(17-18-16-13)15(19)21-5-2/h6-7,9H,4-5,8H2,1-3H3,(H,16,17,18). The first kappa shape index (κ1) is 15.8. The number of aromatic nitrogens is 3. The van der Waals surface area contributed by atoms with E-state index in [2.05, 4.69) is 15.4 Å². The highest BCUT2D eigenvalue weighted by molar-refractivity contribution is 5.94. The van der Waals surface area contributed by atoms with E-state index < -0.39 is 5.97 Å². The van der Waals surface area contributed by atoms with Gasteiger partial charge in [-0.05, 0) is 31.5 Å². The first-order chi connectivity index (χ1) is 10.7. The van der Waals surface area contributed by atoms with Crippen molar-refractivity contribution in [2.75, 3.05) is 20.3 Å². The minimum atomic E-state index is -0.516. The van der Waals surface area contributed by atoms with Gasteiger partial charge in [-0.1, -0.05) is 6.92 Å². The summed E-state index contributed by atoms with van der Waals surface area (Å²) in [4.78, 5) is 11.9. The van der Waals surface area contributed by atoms with Crippen molar-refractivity contribution in [1.82, 2.24) is 15.4 Å². The molecule has 7 nitrogen and oxygen atoms in total. The number of aromatic amines is 1. The van der Waals surface area contributed by atoms with Gasteiger partial charge in [0.05, 0.1) is 20.3 Å². The number of ether oxygens (including phenoxy) is 3. The van der Waals surface area contributed by atoms with Crippen molar-refractivity contribution in [3.63, 3.8) is 0 Å². The van der Waals surface area contributed by atoms with Crippen LogP contribution in [0.5, 0.6) is 11.5 Å². The van der Waals surface area contributed by atoms with E-state index >= 15 is 0 Å². The van der Waals surface area contributed by atoms with Crippen molar-refractivity contribution in [3.8, 4) is 22.8 Å². The summed E-state index contributed by atoms with van der Waals surface area (Å²) in [6.07, 6.45) is 0.880. The molecule has 0 aliphatic heterocycles. The molecule has 2 aromatic rings. The average Bonchev–Trinajstić information content (AvgIpc) is 3.02. The molecule has 0 saturated heterocycles. The van der Waals surface area contributed by atoms with E-state index in [9.17, 15) is 4.79 Å². The minimum absolute atomic E-state index is 0.147. The van der Waals surface area contributed by atoms with Crippen LogP contribution in [0.25, 0.3) is 11.3 Å². The maximum Gasteiger partial charge on any atom is 0.361 e. The van der Waals surface area contributed by atoms with E-state index in [0.717, 1.165) is 6.42 Å². The number of methoxy groups -OCH3 is 1. The average molecular weight is 305 g/mol. The highest BCUT2D eigenvalue weighted by Gasteiger charge is 2.20. The Bertz CT molecular complexity index is 639. The molecular formula is C15H19N3O4. The molecule has 0 amide bonds. The third-order valence-electron chi connectivity index (χ3n) is 2.92. The van der Waals surface area contributed by atoms with E-state index in [1.807, 2.05) is 6.92 Å². The van der Waals surface area contributed by atoms with Gasteiger partial charge >= 0.3 is 5.97 Å². The summed E-state index contributed by atoms with van der Waals surface area (Å²) in [5.41, 5.74) is 1.26. The largest absolute Gasteiger partial charge is 0.493 e. The number of carbonyl (C=O) groups is 1. The number of carbonyl (C=O) groups excluding carboxylic acids is 1. The summed E-state index contributed by atoms with van der Waals surface area (Å²) in [5, 5.41) is 10.4. The van der Waals surface area contributed by atoms with Crippen molar-refractivity contribution in [2.45, 2.75) is 20.3 Å². The van der Waals surface area contributed by atoms with E-state index in [-0.39, 0.29) is 12.3 Å². The lowest BCUT2D eigenvalue weighted by Crippen LogP contribution is -2.07. The molecule has 118 valence electrons. The Morgan fingerprint density at radius 2 is 2.05 bits per heavy atom. The van der Waals surface area contributed by atoms with Gasteiger partial charge in [0, 0.05) is 5.56 Å². The molecule has 1 aromatic heterocycles. The lowest BCUT2D eigenvalue weighted by atomic mass is 10.1. The number of hydrogen-bond donors (Lipinski definition) is 1. The Morgan fingerprint density at radius 1 is 1.23 bits per heavy atom. The maximum atomic E-state index is 11.9. The SMILES string of the molecule is CCCOc1cc(-c2n[nH]nc2C(=O)OCC)ccc1OC. The van der Waals surface area contributed by atoms with E-state index in [4.69, 9.17) is 14.2 Å². The molecule has 0 unspecified atom stereocenters. The van der Waals surface area contributed by atoms with Gasteiger partial charge < -0.3 is 14.2 Å². The molecule has 0 radical (unpaired) electrons. The Morgan fingerprint density at radius 3 is 2.73 bits per heavy atom. The molecule has 2 rings (SSSR count). The zero-order valence-corrected chi connectivity index (χ0v) is 12.9. The fourth-order valence-corrected chi connectivity index (χ4v) is 1.92. The topological polar surface area (TPSA) is 86.3 Å². The van der Waals surface area contributed by atoms with Crippen LogP contribution in [0, 0.1) is 0 Å². The molecule has 0 saturated carbocycles. The van der Waals surface area contributed by atoms with Gasteiger partial charge in [0.1, 0.15) is 5.69 Å². The van der Waals surface area contributed by atoms with Crippen molar-refractivity contribution < 1.29 is 19.0 Å². The first-order valence-corrected chi connectivity index (χ1v) is 7.10. The van der Waals surface area contributed by atoms with Gasteiger partial charge in [0.25, 0.3) is 0 Å². The summed E-state index contributed by atoms with van der Waals surface area (Å²) in [6.45, 7) is 4.61. The predicted octanol–water partition coefficient (Wildman–Crippen LogP) is 2.45. The number of nitrogens with zero attached hydrogens (tertiary/aromatic N) is 2. The molecule has 0 spiro atoms. The van der Waals surface area contributed by atoms with Gasteiger partial charge in [-0.25, -0.2) is 4.79 Å². The highest BCUT2D eigenvalue weighted by atomic mass is 16.5. The number of esters is 1. The number of hydrogen-bond acceptors (Lipinski definition) is 6. The molecule has 0 fully saturated rings. The number of rotatable bonds is 7. The van der Waals surface area contributed by atoms with Crippen LogP contribution in [0.1, 0.15) is 30.8 Å². The van der Waals surface area contributed by atoms with Crippen LogP contribution in [0.4, 0.5) is 0 Å². The zero-order valence-electron chi connectivity index (χ0n) is 12.9. The number of nitrogens with one attached hydrogen (secondary N) is 1. The lowest BCUT2D eigenvalue weighted by molar-refractivity contribution is 0.0520. The van der Waals surface area contributed by atoms with E-state index in [1.165, 1.54) is 0 Å². The highest BCUT2D eigenvalue weighted by Crippen LogP contribution is 2.32. The van der Waals surface area contributed by atoms with Crippen molar-refractivity contribution in [2.24, 2.45) is 0 Å². The summed E-state index contributed by atoms with van der Waals surface area (Å²) in [7, 11) is 1.58. The molecule has 1 aromatic carbocycles. The fourth-order valence-electron chi connectivity index (χ4n) is 1.92. The second-order valence-corrected chi connectivity index (χ2v) is 4.46. The van der Waals surface area contributed by atoms with Crippen molar-refractivity contribution in [1.29, 1.82) is 0 Å². The summed E-state index contributed by atoms with van der Waals surface area (Å²) < 4.78 is 15.9. The lowest BCUT2D eigenvalue weighted by Gasteiger charge is -2.11. The quantitative estimate of drug-likeness (QED) is 0.791. The van der Waals surface area contributed by atoms with Gasteiger partial charge in [-0.2, -0.15) is 10.3 Å². The molecule has 7 heteroatoms. The van der Waals surface area contributed by atoms with Crippen molar-refractivity contribution in [3.05, 3.63) is 23.9 Å². The van der Waals surface area contributed by atoms with Gasteiger partial charge in [-0.15, -0.1) is 5.10 Å². The van der Waals surface area contributed by atoms with Crippen LogP contribution in [0.15, 0.2) is 18.2 Å². The van der Waals surface area contributed by atoms with Crippen LogP contribution < -0.4 is 9.47 Å². The second kappa shape index (κ2) is 7.44. The normalized spacial score (nSPS) is 10.3. The van der Waals surface area contributed by atoms with Gasteiger partial charge in [0.2, 0.25) is 0 Å². The molecule has 0 bridgehead atoms. The molecule has 22 heavy (non-hydrogen) atoms. The molecule has 0 aliphatic rings. The van der Waals surface area contributed by atoms with Crippen LogP contribution in [0.2, 0.25) is 0 Å². The Kier molecular flexibility index (Phi) is 5.35. The molecule has 1 N–H and O–H groups in total. The molecule has 0 aliphatic carbocycles. The second-order valence-electron chi connectivity index (χ2n) is 4.46. The van der Waals surface area contributed by atoms with Crippen LogP contribution in [-0.4, -0.2) is 41.7 Å². The predicted molar refractivity (Wildman–Crippen MR) is 80.1 cm³/mol. The molecular weight excluding hydrogens is 286 g/mol. The third-order valence-corrected chi connectivity index (χ3v) is 2.92. The number of benzene rings is 1. The zero-order chi connectivity index (χ0) is 15.9. The Hall–Kier alpha value is -2.57. The molecule has 0 atom stereocenters. The maximum absolute atomic E-state index is 11.9. The van der Waals surface area contributed by atoms with Gasteiger partial charge in [0.15, 0.2) is 17.2 Å². The van der Waals surface area contributed by atoms with Crippen LogP contribution >= 0.6 is 0 Å². The monoisotopic (exact) mass is 305 g/mol. The number of H-pyrrole nitrogens is 1. The van der Waals surface area contributed by atoms with Crippen molar-refractivity contribution >= 4 is 5.97 Å². The minimum Gasteiger partial charge on any atom is -0.493 e. The summed E-state index contributed by atoms with van der Waals surface area (Å²) in [6, 6.07) is 5.33. The van der Waals surface area contributed by atoms with E-state index in [1.54, 1.807) is 32.2 Å².